The minimum absolute atomic E-state index is 0.0230. The number of benzene rings is 2. The zero-order valence-corrected chi connectivity index (χ0v) is 11.3. The minimum atomic E-state index is -0.0230. The molecule has 3 nitrogen and oxygen atoms in total. The van der Waals surface area contributed by atoms with Crippen LogP contribution < -0.4 is 9.47 Å². The van der Waals surface area contributed by atoms with Gasteiger partial charge in [-0.15, -0.1) is 0 Å². The highest BCUT2D eigenvalue weighted by Crippen LogP contribution is 2.27. The van der Waals surface area contributed by atoms with E-state index >= 15 is 0 Å². The van der Waals surface area contributed by atoms with Gasteiger partial charge in [0.1, 0.15) is 11.5 Å². The Morgan fingerprint density at radius 1 is 1.00 bits per heavy atom. The van der Waals surface area contributed by atoms with E-state index in [9.17, 15) is 4.79 Å². The highest BCUT2D eigenvalue weighted by Gasteiger charge is 2.23. The van der Waals surface area contributed by atoms with E-state index in [1.54, 1.807) is 25.3 Å². The van der Waals surface area contributed by atoms with Gasteiger partial charge < -0.3 is 9.47 Å². The first kappa shape index (κ1) is 12.7. The fourth-order valence-corrected chi connectivity index (χ4v) is 2.02. The summed E-state index contributed by atoms with van der Waals surface area (Å²) in [5.41, 5.74) is 1.25. The third kappa shape index (κ3) is 2.82. The molecule has 3 rings (SSSR count). The van der Waals surface area contributed by atoms with Crippen LogP contribution in [0.4, 0.5) is 0 Å². The molecule has 3 heteroatoms. The predicted octanol–water partition coefficient (Wildman–Crippen LogP) is 3.47. The quantitative estimate of drug-likeness (QED) is 0.779. The molecule has 0 amide bonds. The van der Waals surface area contributed by atoms with Crippen LogP contribution in [0.1, 0.15) is 28.8 Å². The molecule has 2 aromatic rings. The first-order valence-electron chi connectivity index (χ1n) is 6.72. The Balaban J connectivity index is 1.85. The first-order chi connectivity index (χ1) is 9.76. The van der Waals surface area contributed by atoms with Crippen molar-refractivity contribution in [3.63, 3.8) is 0 Å². The molecule has 0 radical (unpaired) electrons. The van der Waals surface area contributed by atoms with E-state index in [4.69, 9.17) is 9.47 Å². The van der Waals surface area contributed by atoms with E-state index in [-0.39, 0.29) is 5.78 Å². The van der Waals surface area contributed by atoms with Gasteiger partial charge in [0.25, 0.3) is 0 Å². The van der Waals surface area contributed by atoms with Gasteiger partial charge in [0.2, 0.25) is 0 Å². The lowest BCUT2D eigenvalue weighted by atomic mass is 10.0. The summed E-state index contributed by atoms with van der Waals surface area (Å²) in [5, 5.41) is 0. The number of ether oxygens (including phenoxy) is 2. The smallest absolute Gasteiger partial charge is 0.193 e. The fraction of sp³-hybridized carbons (Fsp3) is 0.235. The number of hydrogen-bond donors (Lipinski definition) is 0. The molecule has 0 spiro atoms. The van der Waals surface area contributed by atoms with Crippen molar-refractivity contribution in [2.75, 3.05) is 7.11 Å². The summed E-state index contributed by atoms with van der Waals surface area (Å²) < 4.78 is 10.9. The van der Waals surface area contributed by atoms with Crippen molar-refractivity contribution in [2.24, 2.45) is 0 Å². The molecule has 0 aromatic heterocycles. The molecule has 0 heterocycles. The number of rotatable bonds is 5. The van der Waals surface area contributed by atoms with Gasteiger partial charge in [-0.3, -0.25) is 4.79 Å². The van der Waals surface area contributed by atoms with Gasteiger partial charge in [-0.2, -0.15) is 0 Å². The molecule has 0 unspecified atom stereocenters. The largest absolute Gasteiger partial charge is 0.497 e. The molecule has 102 valence electrons. The minimum Gasteiger partial charge on any atom is -0.497 e. The topological polar surface area (TPSA) is 35.5 Å². The second-order valence-corrected chi connectivity index (χ2v) is 4.91. The van der Waals surface area contributed by atoms with Crippen LogP contribution in [0.2, 0.25) is 0 Å². The van der Waals surface area contributed by atoms with Crippen LogP contribution in [0.15, 0.2) is 48.5 Å². The van der Waals surface area contributed by atoms with Crippen molar-refractivity contribution >= 4 is 5.78 Å². The van der Waals surface area contributed by atoms with E-state index in [0.717, 1.165) is 18.6 Å². The first-order valence-corrected chi connectivity index (χ1v) is 6.72. The zero-order valence-electron chi connectivity index (χ0n) is 11.3. The third-order valence-electron chi connectivity index (χ3n) is 3.26. The highest BCUT2D eigenvalue weighted by molar-refractivity contribution is 6.09. The van der Waals surface area contributed by atoms with Gasteiger partial charge in [0.15, 0.2) is 5.78 Å². The normalized spacial score (nSPS) is 13.8. The summed E-state index contributed by atoms with van der Waals surface area (Å²) in [6.45, 7) is 0. The maximum absolute atomic E-state index is 12.5. The Labute approximate surface area is 118 Å². The van der Waals surface area contributed by atoms with Crippen molar-refractivity contribution in [3.8, 4) is 11.5 Å². The number of carbonyl (C=O) groups excluding carboxylic acids is 1. The van der Waals surface area contributed by atoms with Gasteiger partial charge in [-0.1, -0.05) is 24.3 Å². The van der Waals surface area contributed by atoms with E-state index in [1.165, 1.54) is 0 Å². The van der Waals surface area contributed by atoms with Gasteiger partial charge >= 0.3 is 0 Å². The molecule has 0 saturated heterocycles. The number of carbonyl (C=O) groups is 1. The molecule has 1 fully saturated rings. The van der Waals surface area contributed by atoms with Gasteiger partial charge in [-0.05, 0) is 37.1 Å². The second-order valence-electron chi connectivity index (χ2n) is 4.91. The summed E-state index contributed by atoms with van der Waals surface area (Å²) in [7, 11) is 1.59. The Kier molecular flexibility index (Phi) is 3.42. The Bertz CT molecular complexity index is 630. The molecule has 1 saturated carbocycles. The standard InChI is InChI=1S/C17H16O3/c1-19-15-6-2-4-12(10-15)17(18)13-5-3-7-16(11-13)20-14-8-9-14/h2-7,10-11,14H,8-9H2,1H3. The molecular weight excluding hydrogens is 252 g/mol. The zero-order chi connectivity index (χ0) is 13.9. The lowest BCUT2D eigenvalue weighted by molar-refractivity contribution is 0.103. The van der Waals surface area contributed by atoms with E-state index in [0.29, 0.717) is 23.0 Å². The molecule has 0 bridgehead atoms. The van der Waals surface area contributed by atoms with Gasteiger partial charge in [0, 0.05) is 11.1 Å². The number of ketones is 1. The monoisotopic (exact) mass is 268 g/mol. The molecule has 2 aromatic carbocycles. The summed E-state index contributed by atoms with van der Waals surface area (Å²) in [6, 6.07) is 14.5. The van der Waals surface area contributed by atoms with Crippen LogP contribution >= 0.6 is 0 Å². The van der Waals surface area contributed by atoms with E-state index in [1.807, 2.05) is 30.3 Å². The van der Waals surface area contributed by atoms with Crippen molar-refractivity contribution < 1.29 is 14.3 Å². The van der Waals surface area contributed by atoms with Gasteiger partial charge in [0.05, 0.1) is 13.2 Å². The molecule has 1 aliphatic carbocycles. The average Bonchev–Trinajstić information content (AvgIpc) is 3.31. The van der Waals surface area contributed by atoms with E-state index < -0.39 is 0 Å². The summed E-state index contributed by atoms with van der Waals surface area (Å²) in [4.78, 5) is 12.5. The molecule has 1 aliphatic rings. The van der Waals surface area contributed by atoms with Crippen molar-refractivity contribution in [1.82, 2.24) is 0 Å². The maximum atomic E-state index is 12.5. The van der Waals surface area contributed by atoms with Crippen LogP contribution in [-0.4, -0.2) is 19.0 Å². The molecule has 0 atom stereocenters. The Hall–Kier alpha value is -2.29. The second kappa shape index (κ2) is 5.37. The van der Waals surface area contributed by atoms with Crippen LogP contribution in [0.25, 0.3) is 0 Å². The number of methoxy groups -OCH3 is 1. The lowest BCUT2D eigenvalue weighted by Gasteiger charge is -2.07. The third-order valence-corrected chi connectivity index (χ3v) is 3.26. The lowest BCUT2D eigenvalue weighted by Crippen LogP contribution is -2.03. The highest BCUT2D eigenvalue weighted by atomic mass is 16.5. The van der Waals surface area contributed by atoms with Crippen molar-refractivity contribution in [2.45, 2.75) is 18.9 Å². The molecule has 0 N–H and O–H groups in total. The molecule has 0 aliphatic heterocycles. The molecular formula is C17H16O3. The van der Waals surface area contributed by atoms with Crippen LogP contribution in [-0.2, 0) is 0 Å². The SMILES string of the molecule is COc1cccc(C(=O)c2cccc(OC3CC3)c2)c1. The average molecular weight is 268 g/mol. The summed E-state index contributed by atoms with van der Waals surface area (Å²) in [6.07, 6.45) is 2.54. The van der Waals surface area contributed by atoms with Crippen molar-refractivity contribution in [1.29, 1.82) is 0 Å². The fourth-order valence-electron chi connectivity index (χ4n) is 2.02. The van der Waals surface area contributed by atoms with Gasteiger partial charge in [-0.25, -0.2) is 0 Å². The summed E-state index contributed by atoms with van der Waals surface area (Å²) in [5.74, 6) is 1.42. The predicted molar refractivity (Wildman–Crippen MR) is 76.5 cm³/mol. The van der Waals surface area contributed by atoms with Crippen LogP contribution in [0, 0.1) is 0 Å². The Morgan fingerprint density at radius 2 is 1.60 bits per heavy atom. The summed E-state index contributed by atoms with van der Waals surface area (Å²) >= 11 is 0. The number of hydrogen-bond acceptors (Lipinski definition) is 3. The van der Waals surface area contributed by atoms with Crippen LogP contribution in [0.3, 0.4) is 0 Å². The maximum Gasteiger partial charge on any atom is 0.193 e. The van der Waals surface area contributed by atoms with Crippen LogP contribution in [0.5, 0.6) is 11.5 Å². The molecule has 20 heavy (non-hydrogen) atoms. The Morgan fingerprint density at radius 3 is 2.20 bits per heavy atom. The van der Waals surface area contributed by atoms with Crippen molar-refractivity contribution in [3.05, 3.63) is 59.7 Å². The van der Waals surface area contributed by atoms with E-state index in [2.05, 4.69) is 0 Å².